The highest BCUT2D eigenvalue weighted by molar-refractivity contribution is 5.72. The molecule has 0 spiro atoms. The molecule has 15 heavy (non-hydrogen) atoms. The lowest BCUT2D eigenvalue weighted by Gasteiger charge is -2.32. The number of piperidine rings is 1. The first kappa shape index (κ1) is 11.8. The third-order valence-electron chi connectivity index (χ3n) is 2.89. The summed E-state index contributed by atoms with van der Waals surface area (Å²) in [6, 6.07) is 0. The molecule has 0 aromatic carbocycles. The van der Waals surface area contributed by atoms with Gasteiger partial charge in [0.15, 0.2) is 0 Å². The highest BCUT2D eigenvalue weighted by Crippen LogP contribution is 2.21. The molecule has 0 atom stereocenters. The monoisotopic (exact) mass is 209 g/mol. The van der Waals surface area contributed by atoms with Crippen molar-refractivity contribution in [2.24, 2.45) is 5.92 Å². The molecule has 0 radical (unpaired) electrons. The van der Waals surface area contributed by atoms with Gasteiger partial charge in [-0.2, -0.15) is 0 Å². The van der Waals surface area contributed by atoms with Crippen LogP contribution in [0, 0.1) is 5.92 Å². The van der Waals surface area contributed by atoms with Crippen molar-refractivity contribution in [3.63, 3.8) is 0 Å². The van der Waals surface area contributed by atoms with Crippen LogP contribution < -0.4 is 0 Å². The number of nitrogens with zero attached hydrogens (tertiary/aromatic N) is 1. The molecule has 1 saturated heterocycles. The summed E-state index contributed by atoms with van der Waals surface area (Å²) >= 11 is 0. The Balaban J connectivity index is 2.45. The third-order valence-corrected chi connectivity index (χ3v) is 2.89. The van der Waals surface area contributed by atoms with E-state index in [-0.39, 0.29) is 11.9 Å². The zero-order valence-electron chi connectivity index (χ0n) is 9.53. The van der Waals surface area contributed by atoms with Gasteiger partial charge in [0, 0.05) is 18.8 Å². The molecular formula is C12H19NO2. The lowest BCUT2D eigenvalue weighted by atomic mass is 9.97. The maximum Gasteiger partial charge on any atom is 0.308 e. The quantitative estimate of drug-likeness (QED) is 0.525. The van der Waals surface area contributed by atoms with Gasteiger partial charge in [-0.15, -0.1) is 0 Å². The van der Waals surface area contributed by atoms with Crippen molar-refractivity contribution in [2.75, 3.05) is 20.2 Å². The van der Waals surface area contributed by atoms with E-state index in [1.54, 1.807) is 6.08 Å². The molecule has 1 heterocycles. The maximum atomic E-state index is 11.3. The minimum Gasteiger partial charge on any atom is -0.469 e. The number of carbonyl (C=O) groups excluding carboxylic acids is 1. The summed E-state index contributed by atoms with van der Waals surface area (Å²) in [7, 11) is 1.46. The predicted octanol–water partition coefficient (Wildman–Crippen LogP) is 1.96. The Hall–Kier alpha value is -1.25. The van der Waals surface area contributed by atoms with Crippen molar-refractivity contribution < 1.29 is 9.53 Å². The second-order valence-electron chi connectivity index (χ2n) is 3.83. The van der Waals surface area contributed by atoms with Gasteiger partial charge in [0.25, 0.3) is 0 Å². The largest absolute Gasteiger partial charge is 0.469 e. The van der Waals surface area contributed by atoms with E-state index >= 15 is 0 Å². The van der Waals surface area contributed by atoms with Gasteiger partial charge in [-0.3, -0.25) is 4.79 Å². The SMILES string of the molecule is C=C/C=C(/C)N1CCC(C(=O)OC)CC1. The molecule has 0 aromatic heterocycles. The van der Waals surface area contributed by atoms with Crippen molar-refractivity contribution in [3.8, 4) is 0 Å². The van der Waals surface area contributed by atoms with E-state index in [1.165, 1.54) is 12.8 Å². The van der Waals surface area contributed by atoms with Crippen molar-refractivity contribution in [3.05, 3.63) is 24.4 Å². The Kier molecular flexibility index (Phi) is 4.40. The van der Waals surface area contributed by atoms with Gasteiger partial charge in [0.1, 0.15) is 0 Å². The van der Waals surface area contributed by atoms with E-state index in [9.17, 15) is 4.79 Å². The van der Waals surface area contributed by atoms with Crippen LogP contribution in [0.1, 0.15) is 19.8 Å². The summed E-state index contributed by atoms with van der Waals surface area (Å²) in [5, 5.41) is 0. The molecule has 84 valence electrons. The topological polar surface area (TPSA) is 29.5 Å². The summed E-state index contributed by atoms with van der Waals surface area (Å²) in [6.45, 7) is 7.60. The minimum atomic E-state index is -0.0694. The normalized spacial score (nSPS) is 18.8. The highest BCUT2D eigenvalue weighted by Gasteiger charge is 2.25. The summed E-state index contributed by atoms with van der Waals surface area (Å²) in [5.41, 5.74) is 1.22. The van der Waals surface area contributed by atoms with Crippen LogP contribution in [0.5, 0.6) is 0 Å². The highest BCUT2D eigenvalue weighted by atomic mass is 16.5. The van der Waals surface area contributed by atoms with Gasteiger partial charge in [-0.05, 0) is 25.8 Å². The standard InChI is InChI=1S/C12H19NO2/c1-4-5-10(2)13-8-6-11(7-9-13)12(14)15-3/h4-5,11H,1,6-9H2,2-3H3/b10-5-. The molecule has 0 aromatic rings. The molecule has 0 unspecified atom stereocenters. The van der Waals surface area contributed by atoms with E-state index in [1.807, 2.05) is 6.08 Å². The second kappa shape index (κ2) is 5.59. The van der Waals surface area contributed by atoms with E-state index in [4.69, 9.17) is 4.74 Å². The number of likely N-dealkylation sites (tertiary alicyclic amines) is 1. The lowest BCUT2D eigenvalue weighted by Crippen LogP contribution is -2.35. The first-order valence-electron chi connectivity index (χ1n) is 5.31. The fourth-order valence-corrected chi connectivity index (χ4v) is 1.91. The van der Waals surface area contributed by atoms with Gasteiger partial charge in [0.05, 0.1) is 13.0 Å². The first-order valence-corrected chi connectivity index (χ1v) is 5.31. The Bertz CT molecular complexity index is 263. The van der Waals surface area contributed by atoms with Crippen molar-refractivity contribution in [2.45, 2.75) is 19.8 Å². The van der Waals surface area contributed by atoms with Crippen molar-refractivity contribution in [1.82, 2.24) is 4.90 Å². The van der Waals surface area contributed by atoms with Crippen LogP contribution in [0.3, 0.4) is 0 Å². The Morgan fingerprint density at radius 2 is 2.07 bits per heavy atom. The summed E-state index contributed by atoms with van der Waals surface area (Å²) < 4.78 is 4.74. The Morgan fingerprint density at radius 3 is 2.53 bits per heavy atom. The summed E-state index contributed by atoms with van der Waals surface area (Å²) in [6.07, 6.45) is 5.56. The number of carbonyl (C=O) groups is 1. The zero-order valence-corrected chi connectivity index (χ0v) is 9.53. The van der Waals surface area contributed by atoms with E-state index in [0.29, 0.717) is 0 Å². The number of hydrogen-bond acceptors (Lipinski definition) is 3. The number of methoxy groups -OCH3 is 1. The fourth-order valence-electron chi connectivity index (χ4n) is 1.91. The molecule has 1 rings (SSSR count). The van der Waals surface area contributed by atoms with Crippen LogP contribution in [0.2, 0.25) is 0 Å². The number of esters is 1. The third kappa shape index (κ3) is 3.11. The first-order chi connectivity index (χ1) is 7.19. The molecule has 1 aliphatic heterocycles. The number of ether oxygens (including phenoxy) is 1. The second-order valence-corrected chi connectivity index (χ2v) is 3.83. The Labute approximate surface area is 91.4 Å². The maximum absolute atomic E-state index is 11.3. The van der Waals surface area contributed by atoms with Gasteiger partial charge in [-0.1, -0.05) is 12.7 Å². The molecule has 1 fully saturated rings. The van der Waals surface area contributed by atoms with Crippen LogP contribution in [0.25, 0.3) is 0 Å². The predicted molar refractivity (Wildman–Crippen MR) is 60.3 cm³/mol. The van der Waals surface area contributed by atoms with E-state index in [0.717, 1.165) is 25.9 Å². The van der Waals surface area contributed by atoms with E-state index in [2.05, 4.69) is 18.4 Å². The molecule has 0 bridgehead atoms. The molecule has 3 heteroatoms. The number of allylic oxidation sites excluding steroid dienone is 3. The molecule has 0 N–H and O–H groups in total. The summed E-state index contributed by atoms with van der Waals surface area (Å²) in [5.74, 6) is 0.0165. The molecular weight excluding hydrogens is 190 g/mol. The number of rotatable bonds is 3. The molecule has 0 saturated carbocycles. The zero-order chi connectivity index (χ0) is 11.3. The molecule has 1 aliphatic rings. The summed E-state index contributed by atoms with van der Waals surface area (Å²) in [4.78, 5) is 13.6. The van der Waals surface area contributed by atoms with Crippen molar-refractivity contribution in [1.29, 1.82) is 0 Å². The molecule has 3 nitrogen and oxygen atoms in total. The Morgan fingerprint density at radius 1 is 1.47 bits per heavy atom. The average Bonchev–Trinajstić information content (AvgIpc) is 2.28. The van der Waals surface area contributed by atoms with Crippen LogP contribution in [-0.4, -0.2) is 31.1 Å². The lowest BCUT2D eigenvalue weighted by molar-refractivity contribution is -0.146. The average molecular weight is 209 g/mol. The van der Waals surface area contributed by atoms with Gasteiger partial charge in [-0.25, -0.2) is 0 Å². The van der Waals surface area contributed by atoms with Crippen LogP contribution in [0.15, 0.2) is 24.4 Å². The molecule has 0 amide bonds. The van der Waals surface area contributed by atoms with Crippen LogP contribution in [0.4, 0.5) is 0 Å². The number of hydrogen-bond donors (Lipinski definition) is 0. The van der Waals surface area contributed by atoms with Gasteiger partial charge >= 0.3 is 5.97 Å². The fraction of sp³-hybridized carbons (Fsp3) is 0.583. The van der Waals surface area contributed by atoms with Crippen LogP contribution in [-0.2, 0) is 9.53 Å². The van der Waals surface area contributed by atoms with E-state index < -0.39 is 0 Å². The van der Waals surface area contributed by atoms with Gasteiger partial charge in [0.2, 0.25) is 0 Å². The minimum absolute atomic E-state index is 0.0694. The molecule has 0 aliphatic carbocycles. The van der Waals surface area contributed by atoms with Crippen LogP contribution >= 0.6 is 0 Å². The smallest absolute Gasteiger partial charge is 0.308 e. The van der Waals surface area contributed by atoms with Gasteiger partial charge < -0.3 is 9.64 Å². The van der Waals surface area contributed by atoms with Crippen molar-refractivity contribution >= 4 is 5.97 Å².